The van der Waals surface area contributed by atoms with Crippen LogP contribution in [0, 0.1) is 0 Å². The molecule has 5 rings (SSSR count). The first-order valence-corrected chi connectivity index (χ1v) is 9.98. The minimum Gasteiger partial charge on any atom is -0.450 e. The highest BCUT2D eigenvalue weighted by molar-refractivity contribution is 5.95. The van der Waals surface area contributed by atoms with Crippen molar-refractivity contribution in [3.05, 3.63) is 65.4 Å². The molecule has 4 heterocycles. The van der Waals surface area contributed by atoms with Gasteiger partial charge in [0.15, 0.2) is 0 Å². The minimum absolute atomic E-state index is 0.0321. The topological polar surface area (TPSA) is 84.4 Å². The molecule has 164 valence electrons. The van der Waals surface area contributed by atoms with E-state index in [2.05, 4.69) is 15.3 Å². The summed E-state index contributed by atoms with van der Waals surface area (Å²) in [6.07, 6.45) is -2.88. The maximum absolute atomic E-state index is 12.9. The number of hydrogen-bond acceptors (Lipinski definition) is 5. The lowest BCUT2D eigenvalue weighted by Crippen LogP contribution is -2.46. The van der Waals surface area contributed by atoms with Gasteiger partial charge in [-0.15, -0.1) is 0 Å². The zero-order valence-corrected chi connectivity index (χ0v) is 16.6. The fourth-order valence-electron chi connectivity index (χ4n) is 4.21. The van der Waals surface area contributed by atoms with Gasteiger partial charge >= 0.3 is 18.2 Å². The summed E-state index contributed by atoms with van der Waals surface area (Å²) in [6.45, 7) is 0.696. The van der Waals surface area contributed by atoms with Crippen LogP contribution in [0.3, 0.4) is 0 Å². The summed E-state index contributed by atoms with van der Waals surface area (Å²) in [5.74, 6) is -0.229. The summed E-state index contributed by atoms with van der Waals surface area (Å²) >= 11 is 0. The van der Waals surface area contributed by atoms with Crippen molar-refractivity contribution in [2.24, 2.45) is 0 Å². The lowest BCUT2D eigenvalue weighted by atomic mass is 9.84. The van der Waals surface area contributed by atoms with Crippen LogP contribution in [0.4, 0.5) is 23.8 Å². The average Bonchev–Trinajstić information content (AvgIpc) is 3.04. The van der Waals surface area contributed by atoms with E-state index in [4.69, 9.17) is 4.74 Å². The Morgan fingerprint density at radius 2 is 1.84 bits per heavy atom. The Morgan fingerprint density at radius 3 is 2.59 bits per heavy atom. The van der Waals surface area contributed by atoms with Crippen LogP contribution >= 0.6 is 0 Å². The number of ether oxygens (including phenoxy) is 1. The van der Waals surface area contributed by atoms with E-state index in [1.807, 2.05) is 12.1 Å². The fraction of sp³-hybridized carbons (Fsp3) is 0.273. The molecule has 0 saturated carbocycles. The number of aromatic nitrogens is 2. The van der Waals surface area contributed by atoms with Gasteiger partial charge in [-0.2, -0.15) is 13.2 Å². The standard InChI is InChI=1S/C22H17F3N4O3/c23-22(24,25)13-11-17-16(26-12-13)5-6-18(27-17)28-20(31)29-9-7-21(8-10-29)15-4-2-1-3-14(15)19(30)32-21/h1-6,11-12H,7-10H2,(H,27,28,31). The van der Waals surface area contributed by atoms with Crippen molar-refractivity contribution in [2.75, 3.05) is 18.4 Å². The first-order chi connectivity index (χ1) is 15.2. The molecule has 2 aliphatic rings. The number of benzene rings is 1. The zero-order chi connectivity index (χ0) is 22.5. The van der Waals surface area contributed by atoms with E-state index in [-0.39, 0.29) is 22.8 Å². The van der Waals surface area contributed by atoms with Crippen LogP contribution in [0.25, 0.3) is 11.0 Å². The van der Waals surface area contributed by atoms with E-state index < -0.39 is 23.4 Å². The van der Waals surface area contributed by atoms with Gasteiger partial charge in [0.25, 0.3) is 0 Å². The van der Waals surface area contributed by atoms with Crippen molar-refractivity contribution < 1.29 is 27.5 Å². The monoisotopic (exact) mass is 442 g/mol. The minimum atomic E-state index is -4.53. The van der Waals surface area contributed by atoms with Gasteiger partial charge < -0.3 is 9.64 Å². The van der Waals surface area contributed by atoms with Crippen LogP contribution in [-0.4, -0.2) is 40.0 Å². The quantitative estimate of drug-likeness (QED) is 0.567. The first-order valence-electron chi connectivity index (χ1n) is 9.98. The summed E-state index contributed by atoms with van der Waals surface area (Å²) in [5.41, 5.74) is 0.0774. The molecule has 0 atom stereocenters. The van der Waals surface area contributed by atoms with Crippen LogP contribution in [0.15, 0.2) is 48.7 Å². The van der Waals surface area contributed by atoms with Gasteiger partial charge in [-0.3, -0.25) is 10.3 Å². The van der Waals surface area contributed by atoms with E-state index >= 15 is 0 Å². The molecular weight excluding hydrogens is 425 g/mol. The number of carbonyl (C=O) groups is 2. The Bertz CT molecular complexity index is 1240. The Labute approximate surface area is 180 Å². The number of halogens is 3. The number of hydrogen-bond donors (Lipinski definition) is 1. The van der Waals surface area contributed by atoms with Crippen molar-refractivity contribution in [3.63, 3.8) is 0 Å². The number of rotatable bonds is 1. The number of likely N-dealkylation sites (tertiary alicyclic amines) is 1. The smallest absolute Gasteiger partial charge is 0.417 e. The first kappa shape index (κ1) is 20.2. The summed E-state index contributed by atoms with van der Waals surface area (Å²) < 4.78 is 44.5. The second kappa shape index (κ2) is 7.18. The Hall–Kier alpha value is -3.69. The lowest BCUT2D eigenvalue weighted by Gasteiger charge is -2.38. The molecule has 2 amide bonds. The van der Waals surface area contributed by atoms with Gasteiger partial charge in [0.05, 0.1) is 22.2 Å². The molecule has 0 radical (unpaired) electrons. The number of nitrogens with zero attached hydrogens (tertiary/aromatic N) is 3. The molecule has 7 nitrogen and oxygen atoms in total. The van der Waals surface area contributed by atoms with Crippen molar-refractivity contribution in [1.29, 1.82) is 0 Å². The predicted octanol–water partition coefficient (Wildman–Crippen LogP) is 4.34. The van der Waals surface area contributed by atoms with Crippen LogP contribution in [0.2, 0.25) is 0 Å². The number of alkyl halides is 3. The average molecular weight is 442 g/mol. The predicted molar refractivity (Wildman–Crippen MR) is 108 cm³/mol. The molecule has 32 heavy (non-hydrogen) atoms. The van der Waals surface area contributed by atoms with Crippen molar-refractivity contribution in [3.8, 4) is 0 Å². The molecule has 0 unspecified atom stereocenters. The molecule has 2 aliphatic heterocycles. The number of amides is 2. The van der Waals surface area contributed by atoms with Gasteiger partial charge in [-0.05, 0) is 24.3 Å². The number of carbonyl (C=O) groups excluding carboxylic acids is 2. The molecule has 2 aromatic heterocycles. The number of piperidine rings is 1. The summed E-state index contributed by atoms with van der Waals surface area (Å²) in [4.78, 5) is 34.4. The maximum atomic E-state index is 12.9. The third-order valence-electron chi connectivity index (χ3n) is 5.88. The van der Waals surface area contributed by atoms with Gasteiger partial charge in [0, 0.05) is 37.7 Å². The highest BCUT2D eigenvalue weighted by atomic mass is 19.4. The molecule has 3 aromatic rings. The zero-order valence-electron chi connectivity index (χ0n) is 16.6. The third-order valence-corrected chi connectivity index (χ3v) is 5.88. The van der Waals surface area contributed by atoms with Crippen LogP contribution in [0.5, 0.6) is 0 Å². The van der Waals surface area contributed by atoms with Crippen molar-refractivity contribution in [1.82, 2.24) is 14.9 Å². The molecule has 0 bridgehead atoms. The number of anilines is 1. The Kier molecular flexibility index (Phi) is 4.54. The molecule has 1 fully saturated rings. The Morgan fingerprint density at radius 1 is 1.09 bits per heavy atom. The molecule has 0 aliphatic carbocycles. The fourth-order valence-corrected chi connectivity index (χ4v) is 4.21. The molecule has 1 spiro atoms. The Balaban J connectivity index is 1.29. The van der Waals surface area contributed by atoms with Crippen LogP contribution in [-0.2, 0) is 16.5 Å². The van der Waals surface area contributed by atoms with E-state index in [0.717, 1.165) is 17.8 Å². The van der Waals surface area contributed by atoms with E-state index in [9.17, 15) is 22.8 Å². The summed E-state index contributed by atoms with van der Waals surface area (Å²) in [7, 11) is 0. The van der Waals surface area contributed by atoms with Crippen LogP contribution in [0.1, 0.15) is 34.3 Å². The van der Waals surface area contributed by atoms with Gasteiger partial charge in [-0.1, -0.05) is 18.2 Å². The second-order valence-corrected chi connectivity index (χ2v) is 7.80. The maximum Gasteiger partial charge on any atom is 0.417 e. The molecule has 1 saturated heterocycles. The largest absolute Gasteiger partial charge is 0.450 e. The van der Waals surface area contributed by atoms with E-state index in [0.29, 0.717) is 31.5 Å². The number of pyridine rings is 2. The van der Waals surface area contributed by atoms with E-state index in [1.54, 1.807) is 17.0 Å². The highest BCUT2D eigenvalue weighted by Gasteiger charge is 2.47. The molecular formula is C22H17F3N4O3. The third kappa shape index (κ3) is 3.41. The number of urea groups is 1. The van der Waals surface area contributed by atoms with Gasteiger partial charge in [0.2, 0.25) is 0 Å². The number of fused-ring (bicyclic) bond motifs is 3. The second-order valence-electron chi connectivity index (χ2n) is 7.80. The number of esters is 1. The lowest BCUT2D eigenvalue weighted by molar-refractivity contribution is -0.137. The molecule has 1 N–H and O–H groups in total. The molecule has 1 aromatic carbocycles. The van der Waals surface area contributed by atoms with Crippen molar-refractivity contribution in [2.45, 2.75) is 24.6 Å². The van der Waals surface area contributed by atoms with Crippen LogP contribution < -0.4 is 5.32 Å². The van der Waals surface area contributed by atoms with E-state index in [1.165, 1.54) is 12.1 Å². The van der Waals surface area contributed by atoms with Crippen molar-refractivity contribution >= 4 is 28.9 Å². The normalized spacial score (nSPS) is 17.3. The van der Waals surface area contributed by atoms with Gasteiger partial charge in [0.1, 0.15) is 11.4 Å². The summed E-state index contributed by atoms with van der Waals surface area (Å²) in [5, 5.41) is 2.63. The molecule has 10 heteroatoms. The highest BCUT2D eigenvalue weighted by Crippen LogP contribution is 2.44. The van der Waals surface area contributed by atoms with Gasteiger partial charge in [-0.25, -0.2) is 14.6 Å². The number of nitrogens with one attached hydrogen (secondary N) is 1. The summed E-state index contributed by atoms with van der Waals surface area (Å²) in [6, 6.07) is 10.7. The SMILES string of the molecule is O=C1OC2(CCN(C(=O)Nc3ccc4ncc(C(F)(F)F)cc4n3)CC2)c2ccccc21.